The Hall–Kier alpha value is -2.14. The predicted molar refractivity (Wildman–Crippen MR) is 109 cm³/mol. The monoisotopic (exact) mass is 370 g/mol. The highest BCUT2D eigenvalue weighted by Gasteiger charge is 2.10. The molecule has 138 valence electrons. The molecule has 0 aliphatic heterocycles. The van der Waals surface area contributed by atoms with Gasteiger partial charge in [-0.3, -0.25) is 9.59 Å². The number of ketones is 1. The lowest BCUT2D eigenvalue weighted by molar-refractivity contribution is -0.116. The minimum absolute atomic E-state index is 0.256. The molecule has 1 N–H and O–H groups in total. The lowest BCUT2D eigenvalue weighted by atomic mass is 10.1. The van der Waals surface area contributed by atoms with E-state index in [9.17, 15) is 9.59 Å². The molecule has 1 aromatic carbocycles. The molecule has 2 rings (SSSR count). The topological polar surface area (TPSA) is 59.1 Å². The molecule has 0 fully saturated rings. The van der Waals surface area contributed by atoms with Crippen molar-refractivity contribution >= 4 is 35.2 Å². The highest BCUT2D eigenvalue weighted by Crippen LogP contribution is 2.20. The fourth-order valence-corrected chi connectivity index (χ4v) is 2.99. The van der Waals surface area contributed by atoms with Gasteiger partial charge >= 0.3 is 0 Å². The lowest BCUT2D eigenvalue weighted by Crippen LogP contribution is -2.22. The Kier molecular flexibility index (Phi) is 8.35. The molecule has 0 unspecified atom stereocenters. The summed E-state index contributed by atoms with van der Waals surface area (Å²) in [7, 11) is 0. The second-order valence-electron chi connectivity index (χ2n) is 6.31. The number of nitrogens with zero attached hydrogens (tertiary/aromatic N) is 1. The van der Waals surface area contributed by atoms with Crippen LogP contribution < -0.4 is 5.32 Å². The van der Waals surface area contributed by atoms with Crippen molar-refractivity contribution in [2.45, 2.75) is 50.3 Å². The van der Waals surface area contributed by atoms with Crippen LogP contribution in [0.15, 0.2) is 47.4 Å². The van der Waals surface area contributed by atoms with Crippen molar-refractivity contribution < 1.29 is 9.59 Å². The smallest absolute Gasteiger partial charge is 0.244 e. The van der Waals surface area contributed by atoms with Crippen molar-refractivity contribution in [1.82, 2.24) is 10.3 Å². The van der Waals surface area contributed by atoms with Gasteiger partial charge in [-0.1, -0.05) is 57.2 Å². The molecule has 5 heteroatoms. The first-order chi connectivity index (χ1) is 12.6. The van der Waals surface area contributed by atoms with Gasteiger partial charge in [-0.15, -0.1) is 12.6 Å². The maximum Gasteiger partial charge on any atom is 0.244 e. The fraction of sp³-hybridized carbons (Fsp3) is 0.381. The Labute approximate surface area is 160 Å². The molecule has 0 saturated heterocycles. The first-order valence-corrected chi connectivity index (χ1v) is 9.65. The molecule has 2 aromatic rings. The summed E-state index contributed by atoms with van der Waals surface area (Å²) in [6, 6.07) is 9.35. The van der Waals surface area contributed by atoms with E-state index in [0.29, 0.717) is 11.4 Å². The van der Waals surface area contributed by atoms with Gasteiger partial charge in [0.05, 0.1) is 5.52 Å². The summed E-state index contributed by atoms with van der Waals surface area (Å²) in [5.74, 6) is -0.580. The molecule has 0 aliphatic carbocycles. The molecule has 1 amide bonds. The first-order valence-electron chi connectivity index (χ1n) is 9.21. The van der Waals surface area contributed by atoms with Crippen molar-refractivity contribution in [2.24, 2.45) is 0 Å². The van der Waals surface area contributed by atoms with Crippen LogP contribution in [0.1, 0.15) is 55.9 Å². The van der Waals surface area contributed by atoms with E-state index in [1.807, 2.05) is 30.3 Å². The van der Waals surface area contributed by atoms with E-state index in [4.69, 9.17) is 0 Å². The number of amides is 1. The third-order valence-corrected chi connectivity index (χ3v) is 4.49. The van der Waals surface area contributed by atoms with E-state index < -0.39 is 0 Å². The van der Waals surface area contributed by atoms with Gasteiger partial charge in [-0.25, -0.2) is 4.98 Å². The van der Waals surface area contributed by atoms with E-state index in [-0.39, 0.29) is 17.4 Å². The largest absolute Gasteiger partial charge is 0.353 e. The van der Waals surface area contributed by atoms with Crippen molar-refractivity contribution in [3.63, 3.8) is 0 Å². The number of allylic oxidation sites excluding steroid dienone is 1. The number of para-hydroxylation sites is 1. The third-order valence-electron chi connectivity index (χ3n) is 4.15. The number of hydrogen-bond donors (Lipinski definition) is 2. The van der Waals surface area contributed by atoms with Gasteiger partial charge in [0.25, 0.3) is 0 Å². The first kappa shape index (κ1) is 20.2. The molecule has 0 radical (unpaired) electrons. The van der Waals surface area contributed by atoms with E-state index in [2.05, 4.69) is 29.9 Å². The number of benzene rings is 1. The number of aromatic nitrogens is 1. The molecular formula is C21H26N2O2S. The number of carbonyl (C=O) groups is 2. The molecule has 4 nitrogen and oxygen atoms in total. The summed E-state index contributed by atoms with van der Waals surface area (Å²) < 4.78 is 0. The van der Waals surface area contributed by atoms with Crippen LogP contribution in [0.4, 0.5) is 0 Å². The Morgan fingerprint density at radius 1 is 1.08 bits per heavy atom. The summed E-state index contributed by atoms with van der Waals surface area (Å²) >= 11 is 4.34. The molecule has 0 saturated carbocycles. The number of thiol groups is 1. The van der Waals surface area contributed by atoms with E-state index >= 15 is 0 Å². The lowest BCUT2D eigenvalue weighted by Gasteiger charge is -2.04. The molecule has 1 heterocycles. The van der Waals surface area contributed by atoms with E-state index in [1.165, 1.54) is 37.8 Å². The van der Waals surface area contributed by atoms with Gasteiger partial charge in [0.2, 0.25) is 11.7 Å². The third kappa shape index (κ3) is 6.30. The average Bonchev–Trinajstić information content (AvgIpc) is 2.64. The normalized spacial score (nSPS) is 11.2. The van der Waals surface area contributed by atoms with Crippen LogP contribution in [-0.2, 0) is 4.79 Å². The molecular weight excluding hydrogens is 344 g/mol. The van der Waals surface area contributed by atoms with Crippen molar-refractivity contribution in [3.05, 3.63) is 48.2 Å². The Bertz CT molecular complexity index is 787. The SMILES string of the molecule is CCCCCCCCNC(=O)C=CC(=O)c1nc2ccccc2cc1S. The van der Waals surface area contributed by atoms with Gasteiger partial charge in [0.15, 0.2) is 0 Å². The minimum Gasteiger partial charge on any atom is -0.353 e. The molecule has 26 heavy (non-hydrogen) atoms. The molecule has 0 aliphatic rings. The zero-order chi connectivity index (χ0) is 18.8. The number of carbonyl (C=O) groups excluding carboxylic acids is 2. The van der Waals surface area contributed by atoms with Crippen LogP contribution in [0.5, 0.6) is 0 Å². The van der Waals surface area contributed by atoms with Crippen molar-refractivity contribution in [2.75, 3.05) is 6.54 Å². The summed E-state index contributed by atoms with van der Waals surface area (Å²) in [5.41, 5.74) is 0.988. The standard InChI is InChI=1S/C21H26N2O2S/c1-2-3-4-5-6-9-14-22-20(25)13-12-18(24)21-19(26)15-16-10-7-8-11-17(16)23-21/h7-8,10-13,15,26H,2-6,9,14H2,1H3,(H,22,25). The molecule has 0 spiro atoms. The van der Waals surface area contributed by atoms with Gasteiger partial charge < -0.3 is 5.32 Å². The molecule has 0 bridgehead atoms. The fourth-order valence-electron chi connectivity index (χ4n) is 2.69. The highest BCUT2D eigenvalue weighted by atomic mass is 32.1. The Morgan fingerprint density at radius 3 is 2.62 bits per heavy atom. The molecule has 1 aromatic heterocycles. The van der Waals surface area contributed by atoms with Crippen LogP contribution in [0.3, 0.4) is 0 Å². The van der Waals surface area contributed by atoms with Crippen LogP contribution in [0.25, 0.3) is 10.9 Å². The number of hydrogen-bond acceptors (Lipinski definition) is 4. The summed E-state index contributed by atoms with van der Waals surface area (Å²) in [5, 5.41) is 3.73. The van der Waals surface area contributed by atoms with Gasteiger partial charge in [-0.2, -0.15) is 0 Å². The van der Waals surface area contributed by atoms with E-state index in [0.717, 1.165) is 23.7 Å². The number of fused-ring (bicyclic) bond motifs is 1. The quantitative estimate of drug-likeness (QED) is 0.275. The number of pyridine rings is 1. The van der Waals surface area contributed by atoms with Crippen molar-refractivity contribution in [3.8, 4) is 0 Å². The second kappa shape index (κ2) is 10.8. The summed E-state index contributed by atoms with van der Waals surface area (Å²) in [6.07, 6.45) is 9.57. The maximum atomic E-state index is 12.3. The van der Waals surface area contributed by atoms with Gasteiger partial charge in [0, 0.05) is 22.9 Å². The van der Waals surface area contributed by atoms with Crippen molar-refractivity contribution in [1.29, 1.82) is 0 Å². The zero-order valence-electron chi connectivity index (χ0n) is 15.2. The summed E-state index contributed by atoms with van der Waals surface area (Å²) in [4.78, 5) is 29.0. The molecule has 0 atom stereocenters. The number of nitrogens with one attached hydrogen (secondary N) is 1. The van der Waals surface area contributed by atoms with E-state index in [1.54, 1.807) is 0 Å². The predicted octanol–water partition coefficient (Wildman–Crippen LogP) is 4.74. The maximum absolute atomic E-state index is 12.3. The van der Waals surface area contributed by atoms with Crippen LogP contribution in [0, 0.1) is 0 Å². The average molecular weight is 371 g/mol. The Balaban J connectivity index is 1.83. The second-order valence-corrected chi connectivity index (χ2v) is 6.79. The number of rotatable bonds is 10. The number of unbranched alkanes of at least 4 members (excludes halogenated alkanes) is 5. The van der Waals surface area contributed by atoms with Gasteiger partial charge in [-0.05, 0) is 24.6 Å². The minimum atomic E-state index is -0.324. The van der Waals surface area contributed by atoms with Crippen LogP contribution in [0.2, 0.25) is 0 Å². The Morgan fingerprint density at radius 2 is 1.81 bits per heavy atom. The highest BCUT2D eigenvalue weighted by molar-refractivity contribution is 7.80. The zero-order valence-corrected chi connectivity index (χ0v) is 16.1. The van der Waals surface area contributed by atoms with Crippen LogP contribution >= 0.6 is 12.6 Å². The van der Waals surface area contributed by atoms with Gasteiger partial charge in [0.1, 0.15) is 5.69 Å². The summed E-state index contributed by atoms with van der Waals surface area (Å²) in [6.45, 7) is 2.83. The van der Waals surface area contributed by atoms with Crippen LogP contribution in [-0.4, -0.2) is 23.2 Å².